The van der Waals surface area contributed by atoms with Crippen molar-refractivity contribution in [3.8, 4) is 0 Å². The van der Waals surface area contributed by atoms with Gasteiger partial charge in [0.1, 0.15) is 22.2 Å². The van der Waals surface area contributed by atoms with E-state index in [0.29, 0.717) is 0 Å². The zero-order chi connectivity index (χ0) is 14.5. The van der Waals surface area contributed by atoms with E-state index in [0.717, 1.165) is 6.26 Å². The van der Waals surface area contributed by atoms with E-state index >= 15 is 0 Å². The van der Waals surface area contributed by atoms with Crippen LogP contribution in [0.3, 0.4) is 0 Å². The molecule has 0 aliphatic carbocycles. The Balaban J connectivity index is 2.67. The highest BCUT2D eigenvalue weighted by Gasteiger charge is 2.21. The van der Waals surface area contributed by atoms with Crippen LogP contribution in [0.25, 0.3) is 0 Å². The summed E-state index contributed by atoms with van der Waals surface area (Å²) < 4.78 is 22.2. The molecule has 0 fully saturated rings. The lowest BCUT2D eigenvalue weighted by molar-refractivity contribution is -0.125. The molecule has 0 unspecified atom stereocenters. The first-order valence-electron chi connectivity index (χ1n) is 5.39. The van der Waals surface area contributed by atoms with Gasteiger partial charge in [0, 0.05) is 13.2 Å². The largest absolute Gasteiger partial charge is 0.344 e. The van der Waals surface area contributed by atoms with E-state index < -0.39 is 27.7 Å². The van der Waals surface area contributed by atoms with Gasteiger partial charge in [-0.25, -0.2) is 13.5 Å². The number of amides is 2. The zero-order valence-electron chi connectivity index (χ0n) is 10.5. The fourth-order valence-electron chi connectivity index (χ4n) is 1.32. The van der Waals surface area contributed by atoms with Crippen LogP contribution < -0.4 is 10.6 Å². The molecule has 9 nitrogen and oxygen atoms in total. The molecule has 19 heavy (non-hydrogen) atoms. The highest BCUT2D eigenvalue weighted by atomic mass is 32.2. The number of aromatic nitrogens is 3. The number of carbonyl (C=O) groups excluding carboxylic acids is 2. The lowest BCUT2D eigenvalue weighted by Gasteiger charge is -2.16. The van der Waals surface area contributed by atoms with Crippen LogP contribution in [0.1, 0.15) is 13.3 Å². The van der Waals surface area contributed by atoms with Gasteiger partial charge in [0.05, 0.1) is 5.75 Å². The number of hydrogen-bond acceptors (Lipinski definition) is 6. The molecule has 0 saturated heterocycles. The number of sulfone groups is 1. The first-order chi connectivity index (χ1) is 8.78. The molecule has 1 heterocycles. The minimum absolute atomic E-state index is 0.0155. The predicted octanol–water partition coefficient (Wildman–Crippen LogP) is -1.32. The number of H-pyrrole nitrogens is 1. The fraction of sp³-hybridized carbons (Fsp3) is 0.556. The average Bonchev–Trinajstić information content (AvgIpc) is 2.75. The van der Waals surface area contributed by atoms with Crippen molar-refractivity contribution in [3.63, 3.8) is 0 Å². The van der Waals surface area contributed by atoms with Crippen molar-refractivity contribution >= 4 is 27.6 Å². The summed E-state index contributed by atoms with van der Waals surface area (Å²) in [5.41, 5.74) is 0. The second-order valence-corrected chi connectivity index (χ2v) is 6.25. The molecule has 1 aromatic heterocycles. The van der Waals surface area contributed by atoms with Crippen LogP contribution in [-0.2, 0) is 19.4 Å². The van der Waals surface area contributed by atoms with Gasteiger partial charge in [0.2, 0.25) is 17.8 Å². The number of hydrogen-bond donors (Lipinski definition) is 3. The van der Waals surface area contributed by atoms with Gasteiger partial charge < -0.3 is 5.32 Å². The Morgan fingerprint density at radius 3 is 2.63 bits per heavy atom. The third-order valence-electron chi connectivity index (χ3n) is 2.13. The minimum Gasteiger partial charge on any atom is -0.344 e. The molecule has 0 aromatic carbocycles. The van der Waals surface area contributed by atoms with E-state index in [4.69, 9.17) is 0 Å². The quantitative estimate of drug-likeness (QED) is 0.595. The van der Waals surface area contributed by atoms with Crippen molar-refractivity contribution in [1.82, 2.24) is 20.5 Å². The molecule has 1 rings (SSSR count). The lowest BCUT2D eigenvalue weighted by Crippen LogP contribution is -2.44. The van der Waals surface area contributed by atoms with E-state index in [1.807, 2.05) is 0 Å². The van der Waals surface area contributed by atoms with Gasteiger partial charge >= 0.3 is 0 Å². The maximum absolute atomic E-state index is 11.9. The van der Waals surface area contributed by atoms with Gasteiger partial charge in [-0.1, -0.05) is 0 Å². The van der Waals surface area contributed by atoms with Crippen molar-refractivity contribution in [2.45, 2.75) is 19.4 Å². The van der Waals surface area contributed by atoms with Crippen LogP contribution in [0.4, 0.5) is 5.95 Å². The Kier molecular flexibility index (Phi) is 4.98. The molecule has 2 amide bonds. The van der Waals surface area contributed by atoms with Crippen molar-refractivity contribution in [1.29, 1.82) is 0 Å². The number of nitrogens with zero attached hydrogens (tertiary/aromatic N) is 2. The van der Waals surface area contributed by atoms with Gasteiger partial charge in [-0.05, 0) is 6.42 Å². The summed E-state index contributed by atoms with van der Waals surface area (Å²) >= 11 is 0. The molecular formula is C9H15N5O4S. The normalized spacial score (nSPS) is 12.7. The van der Waals surface area contributed by atoms with Gasteiger partial charge in [-0.15, -0.1) is 0 Å². The van der Waals surface area contributed by atoms with Crippen LogP contribution in [0, 0.1) is 0 Å². The third-order valence-corrected chi connectivity index (χ3v) is 3.11. The highest BCUT2D eigenvalue weighted by Crippen LogP contribution is 2.01. The molecule has 3 N–H and O–H groups in total. The first kappa shape index (κ1) is 15.1. The number of aromatic amines is 1. The van der Waals surface area contributed by atoms with E-state index in [1.54, 1.807) is 0 Å². The molecule has 0 spiro atoms. The Hall–Kier alpha value is -1.97. The maximum Gasteiger partial charge on any atom is 0.249 e. The maximum atomic E-state index is 11.9. The smallest absolute Gasteiger partial charge is 0.249 e. The first-order valence-corrected chi connectivity index (χ1v) is 7.45. The van der Waals surface area contributed by atoms with Crippen LogP contribution in [0.2, 0.25) is 0 Å². The Morgan fingerprint density at radius 2 is 2.16 bits per heavy atom. The fourth-order valence-corrected chi connectivity index (χ4v) is 1.98. The van der Waals surface area contributed by atoms with Gasteiger partial charge in [-0.2, -0.15) is 10.1 Å². The lowest BCUT2D eigenvalue weighted by atomic mass is 10.2. The van der Waals surface area contributed by atoms with Crippen molar-refractivity contribution < 1.29 is 18.0 Å². The van der Waals surface area contributed by atoms with Crippen molar-refractivity contribution in [3.05, 3.63) is 6.33 Å². The van der Waals surface area contributed by atoms with Gasteiger partial charge in [0.25, 0.3) is 0 Å². The molecule has 0 bridgehead atoms. The molecule has 0 radical (unpaired) electrons. The van der Waals surface area contributed by atoms with E-state index in [-0.39, 0.29) is 18.1 Å². The van der Waals surface area contributed by atoms with E-state index in [1.165, 1.54) is 13.3 Å². The summed E-state index contributed by atoms with van der Waals surface area (Å²) in [7, 11) is -3.22. The molecule has 0 aliphatic rings. The number of carbonyl (C=O) groups is 2. The summed E-state index contributed by atoms with van der Waals surface area (Å²) in [6.07, 6.45) is 2.25. The topological polar surface area (TPSA) is 134 Å². The summed E-state index contributed by atoms with van der Waals surface area (Å²) in [6, 6.07) is -0.947. The molecule has 0 aliphatic heterocycles. The minimum atomic E-state index is -3.22. The van der Waals surface area contributed by atoms with Gasteiger partial charge in [0.15, 0.2) is 0 Å². The van der Waals surface area contributed by atoms with Crippen LogP contribution in [-0.4, -0.2) is 53.5 Å². The third kappa shape index (κ3) is 5.95. The Bertz CT molecular complexity index is 539. The monoisotopic (exact) mass is 289 g/mol. The second kappa shape index (κ2) is 6.27. The molecular weight excluding hydrogens is 274 g/mol. The summed E-state index contributed by atoms with van der Waals surface area (Å²) in [5, 5.41) is 10.7. The molecule has 106 valence electrons. The molecule has 10 heteroatoms. The standard InChI is InChI=1S/C9H15N5O4S/c1-6(15)12-7(3-4-19(2,17)18)8(16)13-9-10-5-11-14-9/h5,7H,3-4H2,1-2H3,(H,12,15)(H2,10,11,13,14,16)/t7-/m1/s1. The molecule has 1 atom stereocenters. The number of rotatable bonds is 6. The molecule has 1 aromatic rings. The van der Waals surface area contributed by atoms with Gasteiger partial charge in [-0.3, -0.25) is 14.9 Å². The summed E-state index contributed by atoms with van der Waals surface area (Å²) in [5.74, 6) is -1.07. The highest BCUT2D eigenvalue weighted by molar-refractivity contribution is 7.90. The SMILES string of the molecule is CC(=O)N[C@H](CCS(C)(=O)=O)C(=O)Nc1ncn[nH]1. The Labute approximate surface area is 110 Å². The Morgan fingerprint density at radius 1 is 1.47 bits per heavy atom. The molecule has 0 saturated carbocycles. The van der Waals surface area contributed by atoms with Crippen molar-refractivity contribution in [2.24, 2.45) is 0 Å². The van der Waals surface area contributed by atoms with Crippen LogP contribution in [0.5, 0.6) is 0 Å². The van der Waals surface area contributed by atoms with Crippen LogP contribution >= 0.6 is 0 Å². The summed E-state index contributed by atoms with van der Waals surface area (Å²) in [4.78, 5) is 26.6. The van der Waals surface area contributed by atoms with Crippen LogP contribution in [0.15, 0.2) is 6.33 Å². The average molecular weight is 289 g/mol. The zero-order valence-corrected chi connectivity index (χ0v) is 11.3. The second-order valence-electron chi connectivity index (χ2n) is 3.99. The van der Waals surface area contributed by atoms with E-state index in [9.17, 15) is 18.0 Å². The van der Waals surface area contributed by atoms with E-state index in [2.05, 4.69) is 25.8 Å². The van der Waals surface area contributed by atoms with Crippen molar-refractivity contribution in [2.75, 3.05) is 17.3 Å². The number of nitrogens with one attached hydrogen (secondary N) is 3. The predicted molar refractivity (Wildman–Crippen MR) is 66.9 cm³/mol. The number of anilines is 1. The summed E-state index contributed by atoms with van der Waals surface area (Å²) in [6.45, 7) is 1.25.